The summed E-state index contributed by atoms with van der Waals surface area (Å²) in [6.45, 7) is 4.08. The van der Waals surface area contributed by atoms with Crippen LogP contribution in [0.15, 0.2) is 45.9 Å². The van der Waals surface area contributed by atoms with Gasteiger partial charge in [-0.3, -0.25) is 0 Å². The molecule has 1 aromatic carbocycles. The van der Waals surface area contributed by atoms with Crippen LogP contribution in [-0.4, -0.2) is 19.8 Å². The van der Waals surface area contributed by atoms with E-state index in [1.54, 1.807) is 31.3 Å². The van der Waals surface area contributed by atoms with E-state index in [1.165, 1.54) is 10.6 Å². The lowest BCUT2D eigenvalue weighted by molar-refractivity contribution is 0.406. The van der Waals surface area contributed by atoms with Crippen molar-refractivity contribution in [2.75, 3.05) is 7.05 Å². The Bertz CT molecular complexity index is 660. The van der Waals surface area contributed by atoms with Crippen LogP contribution < -0.4 is 0 Å². The minimum atomic E-state index is -3.48. The third-order valence-electron chi connectivity index (χ3n) is 3.15. The average Bonchev–Trinajstić information content (AvgIpc) is 2.85. The Morgan fingerprint density at radius 3 is 2.47 bits per heavy atom. The number of benzene rings is 1. The Morgan fingerprint density at radius 1 is 1.16 bits per heavy atom. The van der Waals surface area contributed by atoms with Gasteiger partial charge >= 0.3 is 0 Å². The van der Waals surface area contributed by atoms with Gasteiger partial charge in [0.05, 0.1) is 17.7 Å². The number of furan rings is 1. The molecule has 0 amide bonds. The van der Waals surface area contributed by atoms with Crippen molar-refractivity contribution >= 4 is 10.0 Å². The third-order valence-corrected chi connectivity index (χ3v) is 4.94. The van der Waals surface area contributed by atoms with Crippen LogP contribution in [0, 0.1) is 13.8 Å². The summed E-state index contributed by atoms with van der Waals surface area (Å²) in [6.07, 6.45) is 1.53. The molecule has 0 spiro atoms. The van der Waals surface area contributed by atoms with Crippen LogP contribution in [0.2, 0.25) is 0 Å². The number of nitrogens with zero attached hydrogens (tertiary/aromatic N) is 1. The van der Waals surface area contributed by atoms with Crippen molar-refractivity contribution in [3.63, 3.8) is 0 Å². The molecule has 0 saturated heterocycles. The first-order valence-corrected chi connectivity index (χ1v) is 7.41. The summed E-state index contributed by atoms with van der Waals surface area (Å²) in [5, 5.41) is 0. The van der Waals surface area contributed by atoms with Crippen molar-refractivity contribution in [1.82, 2.24) is 4.31 Å². The molecule has 4 nitrogen and oxygen atoms in total. The molecule has 0 aliphatic heterocycles. The minimum absolute atomic E-state index is 0.224. The molecule has 0 saturated carbocycles. The maximum absolute atomic E-state index is 12.4. The van der Waals surface area contributed by atoms with Gasteiger partial charge in [-0.25, -0.2) is 8.42 Å². The summed E-state index contributed by atoms with van der Waals surface area (Å²) in [6, 6.07) is 8.65. The van der Waals surface area contributed by atoms with Gasteiger partial charge in [-0.2, -0.15) is 4.31 Å². The lowest BCUT2D eigenvalue weighted by atomic mass is 10.1. The van der Waals surface area contributed by atoms with E-state index < -0.39 is 10.0 Å². The molecule has 5 heteroatoms. The fraction of sp³-hybridized carbons (Fsp3) is 0.286. The number of hydrogen-bond donors (Lipinski definition) is 0. The van der Waals surface area contributed by atoms with Gasteiger partial charge in [0.2, 0.25) is 10.0 Å². The Morgan fingerprint density at radius 2 is 1.89 bits per heavy atom. The summed E-state index contributed by atoms with van der Waals surface area (Å²) in [7, 11) is -1.93. The fourth-order valence-corrected chi connectivity index (χ4v) is 2.98. The van der Waals surface area contributed by atoms with Crippen molar-refractivity contribution in [1.29, 1.82) is 0 Å². The topological polar surface area (TPSA) is 50.5 Å². The molecule has 102 valence electrons. The van der Waals surface area contributed by atoms with Crippen LogP contribution in [0.4, 0.5) is 0 Å². The van der Waals surface area contributed by atoms with Crippen molar-refractivity contribution in [3.8, 4) is 0 Å². The normalized spacial score (nSPS) is 12.0. The summed E-state index contributed by atoms with van der Waals surface area (Å²) in [4.78, 5) is 0.310. The van der Waals surface area contributed by atoms with Crippen LogP contribution >= 0.6 is 0 Å². The second-order valence-corrected chi connectivity index (χ2v) is 6.63. The summed E-state index contributed by atoms with van der Waals surface area (Å²) in [5.74, 6) is 0.620. The Kier molecular flexibility index (Phi) is 3.78. The molecule has 0 radical (unpaired) electrons. The van der Waals surface area contributed by atoms with E-state index in [0.29, 0.717) is 10.7 Å². The zero-order valence-electron chi connectivity index (χ0n) is 11.3. The first kappa shape index (κ1) is 13.8. The maximum Gasteiger partial charge on any atom is 0.243 e. The molecule has 2 aromatic rings. The first-order chi connectivity index (χ1) is 8.91. The zero-order valence-corrected chi connectivity index (χ0v) is 12.1. The number of aryl methyl sites for hydroxylation is 2. The molecular weight excluding hydrogens is 262 g/mol. The molecule has 0 bridgehead atoms. The SMILES string of the molecule is Cc1ccc(S(=O)(=O)N(C)Cc2ccco2)cc1C. The smallest absolute Gasteiger partial charge is 0.243 e. The lowest BCUT2D eigenvalue weighted by Gasteiger charge is -2.16. The Hall–Kier alpha value is -1.59. The van der Waals surface area contributed by atoms with Crippen LogP contribution in [0.3, 0.4) is 0 Å². The molecule has 0 atom stereocenters. The zero-order chi connectivity index (χ0) is 14.0. The van der Waals surface area contributed by atoms with Crippen molar-refractivity contribution in [2.45, 2.75) is 25.3 Å². The minimum Gasteiger partial charge on any atom is -0.468 e. The third kappa shape index (κ3) is 2.88. The number of hydrogen-bond acceptors (Lipinski definition) is 3. The van der Waals surface area contributed by atoms with E-state index in [2.05, 4.69) is 0 Å². The molecular formula is C14H17NO3S. The molecule has 19 heavy (non-hydrogen) atoms. The van der Waals surface area contributed by atoms with E-state index in [-0.39, 0.29) is 6.54 Å². The van der Waals surface area contributed by atoms with Gasteiger partial charge in [-0.1, -0.05) is 6.07 Å². The molecule has 0 aliphatic rings. The van der Waals surface area contributed by atoms with Crippen LogP contribution in [0.5, 0.6) is 0 Å². The van der Waals surface area contributed by atoms with Crippen LogP contribution in [0.1, 0.15) is 16.9 Å². The van der Waals surface area contributed by atoms with E-state index >= 15 is 0 Å². The van der Waals surface area contributed by atoms with Gasteiger partial charge < -0.3 is 4.42 Å². The highest BCUT2D eigenvalue weighted by Gasteiger charge is 2.21. The number of sulfonamides is 1. The molecule has 0 unspecified atom stereocenters. The Labute approximate surface area is 113 Å². The lowest BCUT2D eigenvalue weighted by Crippen LogP contribution is -2.26. The predicted molar refractivity (Wildman–Crippen MR) is 73.3 cm³/mol. The molecule has 0 N–H and O–H groups in total. The second-order valence-electron chi connectivity index (χ2n) is 4.59. The largest absolute Gasteiger partial charge is 0.468 e. The van der Waals surface area contributed by atoms with Gasteiger partial charge in [0, 0.05) is 7.05 Å². The van der Waals surface area contributed by atoms with Crippen LogP contribution in [0.25, 0.3) is 0 Å². The van der Waals surface area contributed by atoms with Crippen molar-refractivity contribution in [3.05, 3.63) is 53.5 Å². The van der Waals surface area contributed by atoms with Gasteiger partial charge in [0.25, 0.3) is 0 Å². The van der Waals surface area contributed by atoms with E-state index in [4.69, 9.17) is 4.42 Å². The average molecular weight is 279 g/mol. The molecule has 0 fully saturated rings. The highest BCUT2D eigenvalue weighted by atomic mass is 32.2. The van der Waals surface area contributed by atoms with Crippen LogP contribution in [-0.2, 0) is 16.6 Å². The van der Waals surface area contributed by atoms with Crippen molar-refractivity contribution < 1.29 is 12.8 Å². The summed E-state index contributed by atoms with van der Waals surface area (Å²) >= 11 is 0. The second kappa shape index (κ2) is 5.19. The van der Waals surface area contributed by atoms with Crippen molar-refractivity contribution in [2.24, 2.45) is 0 Å². The molecule has 1 aromatic heterocycles. The van der Waals surface area contributed by atoms with E-state index in [0.717, 1.165) is 11.1 Å². The molecule has 1 heterocycles. The van der Waals surface area contributed by atoms with E-state index in [9.17, 15) is 8.42 Å². The summed E-state index contributed by atoms with van der Waals surface area (Å²) < 4.78 is 31.3. The highest BCUT2D eigenvalue weighted by molar-refractivity contribution is 7.89. The molecule has 0 aliphatic carbocycles. The molecule has 2 rings (SSSR count). The standard InChI is InChI=1S/C14H17NO3S/c1-11-6-7-14(9-12(11)2)19(16,17)15(3)10-13-5-4-8-18-13/h4-9H,10H2,1-3H3. The highest BCUT2D eigenvalue weighted by Crippen LogP contribution is 2.19. The quantitative estimate of drug-likeness (QED) is 0.864. The monoisotopic (exact) mass is 279 g/mol. The van der Waals surface area contributed by atoms with Gasteiger partial charge in [-0.05, 0) is 49.2 Å². The predicted octanol–water partition coefficient (Wildman–Crippen LogP) is 2.72. The van der Waals surface area contributed by atoms with E-state index in [1.807, 2.05) is 19.9 Å². The number of rotatable bonds is 4. The summed E-state index contributed by atoms with van der Waals surface area (Å²) in [5.41, 5.74) is 2.04. The maximum atomic E-state index is 12.4. The fourth-order valence-electron chi connectivity index (χ4n) is 1.76. The van der Waals surface area contributed by atoms with Gasteiger partial charge in [0.1, 0.15) is 5.76 Å². The van der Waals surface area contributed by atoms with Gasteiger partial charge in [-0.15, -0.1) is 0 Å². The Balaban J connectivity index is 2.28. The first-order valence-electron chi connectivity index (χ1n) is 5.97. The van der Waals surface area contributed by atoms with Gasteiger partial charge in [0.15, 0.2) is 0 Å².